The minimum absolute atomic E-state index is 0.151. The van der Waals surface area contributed by atoms with E-state index in [4.69, 9.17) is 23.2 Å². The second kappa shape index (κ2) is 10.0. The highest BCUT2D eigenvalue weighted by Gasteiger charge is 2.16. The Morgan fingerprint density at radius 3 is 2.43 bits per heavy atom. The van der Waals surface area contributed by atoms with Gasteiger partial charge in [0, 0.05) is 46.9 Å². The van der Waals surface area contributed by atoms with E-state index in [1.807, 2.05) is 28.8 Å². The molecule has 1 heterocycles. The zero-order chi connectivity index (χ0) is 19.9. The number of carbonyl (C=O) groups is 2. The van der Waals surface area contributed by atoms with Crippen molar-refractivity contribution in [1.29, 1.82) is 0 Å². The fourth-order valence-corrected chi connectivity index (χ4v) is 4.20. The molecule has 3 amide bonds. The lowest BCUT2D eigenvalue weighted by molar-refractivity contribution is -0.130. The molecular formula is C20H21Cl2N3O2S. The highest BCUT2D eigenvalue weighted by atomic mass is 35.5. The van der Waals surface area contributed by atoms with Crippen LogP contribution in [0.4, 0.5) is 10.5 Å². The molecule has 0 spiro atoms. The number of nitrogens with one attached hydrogen (secondary N) is 2. The van der Waals surface area contributed by atoms with Crippen molar-refractivity contribution in [1.82, 2.24) is 10.2 Å². The second-order valence-corrected chi connectivity index (χ2v) is 8.48. The number of benzene rings is 2. The molecule has 2 aromatic rings. The number of rotatable bonds is 5. The van der Waals surface area contributed by atoms with Gasteiger partial charge in [-0.15, -0.1) is 0 Å². The van der Waals surface area contributed by atoms with Crippen LogP contribution in [-0.4, -0.2) is 41.4 Å². The molecule has 5 nitrogen and oxygen atoms in total. The lowest BCUT2D eigenvalue weighted by Gasteiger charge is -2.26. The molecule has 0 radical (unpaired) electrons. The maximum Gasteiger partial charge on any atom is 0.319 e. The van der Waals surface area contributed by atoms with E-state index in [9.17, 15) is 9.59 Å². The summed E-state index contributed by atoms with van der Waals surface area (Å²) >= 11 is 13.8. The quantitative estimate of drug-likeness (QED) is 0.726. The first-order valence-corrected chi connectivity index (χ1v) is 10.9. The molecule has 1 aliphatic rings. The van der Waals surface area contributed by atoms with Crippen LogP contribution in [0.1, 0.15) is 11.1 Å². The maximum absolute atomic E-state index is 12.3. The number of anilines is 1. The molecule has 8 heteroatoms. The number of urea groups is 1. The molecule has 2 N–H and O–H groups in total. The second-order valence-electron chi connectivity index (χ2n) is 6.41. The molecule has 0 atom stereocenters. The number of halogens is 2. The SMILES string of the molecule is O=C(NCc1ccc(Cl)cc1Cl)Nc1ccc(CC(=O)N2CCSCC2)cc1. The van der Waals surface area contributed by atoms with Crippen LogP contribution in [0.25, 0.3) is 0 Å². The highest BCUT2D eigenvalue weighted by molar-refractivity contribution is 7.99. The number of hydrogen-bond donors (Lipinski definition) is 2. The van der Waals surface area contributed by atoms with E-state index >= 15 is 0 Å². The normalized spacial score (nSPS) is 13.9. The van der Waals surface area contributed by atoms with Crippen LogP contribution in [-0.2, 0) is 17.8 Å². The molecule has 0 aromatic heterocycles. The molecule has 2 aromatic carbocycles. The molecule has 0 aliphatic carbocycles. The van der Waals surface area contributed by atoms with Crippen LogP contribution in [0.5, 0.6) is 0 Å². The smallest absolute Gasteiger partial charge is 0.319 e. The van der Waals surface area contributed by atoms with E-state index < -0.39 is 0 Å². The largest absolute Gasteiger partial charge is 0.341 e. The van der Waals surface area contributed by atoms with E-state index in [2.05, 4.69) is 10.6 Å². The van der Waals surface area contributed by atoms with Crippen LogP contribution in [0.2, 0.25) is 10.0 Å². The minimum Gasteiger partial charge on any atom is -0.341 e. The van der Waals surface area contributed by atoms with Gasteiger partial charge in [0.2, 0.25) is 5.91 Å². The van der Waals surface area contributed by atoms with Crippen LogP contribution >= 0.6 is 35.0 Å². The first-order valence-electron chi connectivity index (χ1n) is 8.94. The number of carbonyl (C=O) groups excluding carboxylic acids is 2. The Morgan fingerprint density at radius 1 is 1.04 bits per heavy atom. The van der Waals surface area contributed by atoms with Gasteiger partial charge >= 0.3 is 6.03 Å². The monoisotopic (exact) mass is 437 g/mol. The lowest BCUT2D eigenvalue weighted by Crippen LogP contribution is -2.38. The summed E-state index contributed by atoms with van der Waals surface area (Å²) in [7, 11) is 0. The molecule has 1 saturated heterocycles. The van der Waals surface area contributed by atoms with Gasteiger partial charge in [-0.2, -0.15) is 11.8 Å². The summed E-state index contributed by atoms with van der Waals surface area (Å²) < 4.78 is 0. The van der Waals surface area contributed by atoms with Crippen LogP contribution in [0, 0.1) is 0 Å². The first-order chi connectivity index (χ1) is 13.5. The average molecular weight is 438 g/mol. The fraction of sp³-hybridized carbons (Fsp3) is 0.300. The van der Waals surface area contributed by atoms with E-state index in [0.717, 1.165) is 35.7 Å². The number of nitrogens with zero attached hydrogens (tertiary/aromatic N) is 1. The van der Waals surface area contributed by atoms with E-state index in [1.54, 1.807) is 30.3 Å². The van der Waals surface area contributed by atoms with Gasteiger partial charge in [-0.05, 0) is 35.4 Å². The summed E-state index contributed by atoms with van der Waals surface area (Å²) in [5.74, 6) is 2.16. The molecule has 0 bridgehead atoms. The van der Waals surface area contributed by atoms with Gasteiger partial charge in [0.15, 0.2) is 0 Å². The summed E-state index contributed by atoms with van der Waals surface area (Å²) in [4.78, 5) is 26.3. The Bertz CT molecular complexity index is 840. The van der Waals surface area contributed by atoms with E-state index in [0.29, 0.717) is 28.7 Å². The van der Waals surface area contributed by atoms with Crippen LogP contribution in [0.3, 0.4) is 0 Å². The summed E-state index contributed by atoms with van der Waals surface area (Å²) in [6.45, 7) is 1.93. The third kappa shape index (κ3) is 6.06. The van der Waals surface area contributed by atoms with Crippen molar-refractivity contribution in [2.24, 2.45) is 0 Å². The molecule has 3 rings (SSSR count). The Balaban J connectivity index is 1.48. The van der Waals surface area contributed by atoms with Crippen molar-refractivity contribution in [2.75, 3.05) is 29.9 Å². The zero-order valence-corrected chi connectivity index (χ0v) is 17.5. The third-order valence-electron chi connectivity index (χ3n) is 4.39. The molecule has 28 heavy (non-hydrogen) atoms. The number of amides is 3. The molecule has 1 aliphatic heterocycles. The number of thioether (sulfide) groups is 1. The van der Waals surface area contributed by atoms with Crippen molar-refractivity contribution in [3.8, 4) is 0 Å². The lowest BCUT2D eigenvalue weighted by atomic mass is 10.1. The molecule has 0 unspecified atom stereocenters. The van der Waals surface area contributed by atoms with Gasteiger partial charge in [-0.3, -0.25) is 4.79 Å². The Labute approximate surface area is 178 Å². The molecule has 1 fully saturated rings. The summed E-state index contributed by atoms with van der Waals surface area (Å²) in [6.07, 6.45) is 0.381. The van der Waals surface area contributed by atoms with Gasteiger partial charge in [0.1, 0.15) is 0 Å². The average Bonchev–Trinajstić information content (AvgIpc) is 2.69. The highest BCUT2D eigenvalue weighted by Crippen LogP contribution is 2.21. The van der Waals surface area contributed by atoms with Crippen LogP contribution < -0.4 is 10.6 Å². The fourth-order valence-electron chi connectivity index (χ4n) is 2.82. The number of hydrogen-bond acceptors (Lipinski definition) is 3. The van der Waals surface area contributed by atoms with Crippen molar-refractivity contribution in [3.05, 3.63) is 63.6 Å². The topological polar surface area (TPSA) is 61.4 Å². The summed E-state index contributed by atoms with van der Waals surface area (Å²) in [6, 6.07) is 12.1. The Morgan fingerprint density at radius 2 is 1.75 bits per heavy atom. The van der Waals surface area contributed by atoms with Gasteiger partial charge in [0.25, 0.3) is 0 Å². The van der Waals surface area contributed by atoms with Gasteiger partial charge in [-0.25, -0.2) is 4.79 Å². The Kier molecular flexibility index (Phi) is 7.48. The van der Waals surface area contributed by atoms with Crippen molar-refractivity contribution >= 4 is 52.6 Å². The van der Waals surface area contributed by atoms with Crippen LogP contribution in [0.15, 0.2) is 42.5 Å². The standard InChI is InChI=1S/C20H21Cl2N3O2S/c21-16-4-3-15(18(22)12-16)13-23-20(27)24-17-5-1-14(2-6-17)11-19(26)25-7-9-28-10-8-25/h1-6,12H,7-11,13H2,(H2,23,24,27). The Hall–Kier alpha value is -1.89. The minimum atomic E-state index is -0.333. The van der Waals surface area contributed by atoms with Gasteiger partial charge in [0.05, 0.1) is 6.42 Å². The predicted molar refractivity (Wildman–Crippen MR) is 116 cm³/mol. The van der Waals surface area contributed by atoms with E-state index in [1.165, 1.54) is 0 Å². The van der Waals surface area contributed by atoms with Gasteiger partial charge < -0.3 is 15.5 Å². The van der Waals surface area contributed by atoms with Crippen molar-refractivity contribution in [3.63, 3.8) is 0 Å². The molecule has 148 valence electrons. The molecular weight excluding hydrogens is 417 g/mol. The summed E-state index contributed by atoms with van der Waals surface area (Å²) in [5, 5.41) is 6.59. The van der Waals surface area contributed by atoms with Crippen molar-refractivity contribution in [2.45, 2.75) is 13.0 Å². The molecule has 0 saturated carbocycles. The van der Waals surface area contributed by atoms with E-state index in [-0.39, 0.29) is 11.9 Å². The first kappa shape index (κ1) is 20.8. The third-order valence-corrected chi connectivity index (χ3v) is 5.91. The summed E-state index contributed by atoms with van der Waals surface area (Å²) in [5.41, 5.74) is 2.37. The predicted octanol–water partition coefficient (Wildman–Crippen LogP) is 4.43. The van der Waals surface area contributed by atoms with Crippen molar-refractivity contribution < 1.29 is 9.59 Å². The van der Waals surface area contributed by atoms with Gasteiger partial charge in [-0.1, -0.05) is 41.4 Å². The zero-order valence-electron chi connectivity index (χ0n) is 15.2. The maximum atomic E-state index is 12.3.